The molecule has 2 unspecified atom stereocenters. The van der Waals surface area contributed by atoms with Crippen molar-refractivity contribution in [2.45, 2.75) is 32.2 Å². The highest BCUT2D eigenvalue weighted by Gasteiger charge is 2.48. The third kappa shape index (κ3) is 2.26. The van der Waals surface area contributed by atoms with Crippen LogP contribution < -0.4 is 5.32 Å². The minimum absolute atomic E-state index is 0.0110. The number of rotatable bonds is 3. The Morgan fingerprint density at radius 2 is 1.94 bits per heavy atom. The summed E-state index contributed by atoms with van der Waals surface area (Å²) < 4.78 is 0. The molecule has 3 atom stereocenters. The van der Waals surface area contributed by atoms with E-state index in [0.717, 1.165) is 35.3 Å². The van der Waals surface area contributed by atoms with E-state index in [1.807, 2.05) is 31.2 Å². The summed E-state index contributed by atoms with van der Waals surface area (Å²) >= 11 is 6.14. The van der Waals surface area contributed by atoms with Crippen LogP contribution >= 0.6 is 11.6 Å². The van der Waals surface area contributed by atoms with E-state index in [9.17, 15) is 4.79 Å². The first-order valence-electron chi connectivity index (χ1n) is 6.70. The SMILES string of the molecule is C[C@H](NC(=O)C1CC2CC2C1)c1ccccc1Cl. The molecule has 2 aliphatic rings. The van der Waals surface area contributed by atoms with Crippen molar-refractivity contribution in [3.8, 4) is 0 Å². The summed E-state index contributed by atoms with van der Waals surface area (Å²) in [4.78, 5) is 12.2. The molecular weight excluding hydrogens is 246 g/mol. The maximum Gasteiger partial charge on any atom is 0.223 e. The Labute approximate surface area is 113 Å². The first-order valence-corrected chi connectivity index (χ1v) is 7.07. The summed E-state index contributed by atoms with van der Waals surface area (Å²) in [6.45, 7) is 1.99. The summed E-state index contributed by atoms with van der Waals surface area (Å²) in [7, 11) is 0. The zero-order valence-electron chi connectivity index (χ0n) is 10.5. The molecular formula is C15H18ClNO. The number of benzene rings is 1. The lowest BCUT2D eigenvalue weighted by Gasteiger charge is -2.19. The van der Waals surface area contributed by atoms with Gasteiger partial charge in [0.25, 0.3) is 0 Å². The number of hydrogen-bond donors (Lipinski definition) is 1. The van der Waals surface area contributed by atoms with Gasteiger partial charge in [-0.2, -0.15) is 0 Å². The highest BCUT2D eigenvalue weighted by atomic mass is 35.5. The second-order valence-corrected chi connectivity index (χ2v) is 6.08. The Morgan fingerprint density at radius 3 is 2.61 bits per heavy atom. The number of fused-ring (bicyclic) bond motifs is 1. The monoisotopic (exact) mass is 263 g/mol. The number of carbonyl (C=O) groups excluding carboxylic acids is 1. The lowest BCUT2D eigenvalue weighted by atomic mass is 10.0. The summed E-state index contributed by atoms with van der Waals surface area (Å²) in [5, 5.41) is 3.82. The smallest absolute Gasteiger partial charge is 0.223 e. The minimum atomic E-state index is -0.0110. The van der Waals surface area contributed by atoms with Gasteiger partial charge in [0.1, 0.15) is 0 Å². The molecule has 2 nitrogen and oxygen atoms in total. The molecule has 1 N–H and O–H groups in total. The standard InChI is InChI=1S/C15H18ClNO/c1-9(13-4-2-3-5-14(13)16)17-15(18)12-7-10-6-11(10)8-12/h2-5,9-12H,6-8H2,1H3,(H,17,18)/t9-,10?,11?,12?/m0/s1. The number of halogens is 1. The van der Waals surface area contributed by atoms with E-state index in [2.05, 4.69) is 5.32 Å². The van der Waals surface area contributed by atoms with E-state index in [1.54, 1.807) is 0 Å². The second-order valence-electron chi connectivity index (χ2n) is 5.68. The van der Waals surface area contributed by atoms with Gasteiger partial charge in [-0.05, 0) is 49.7 Å². The second kappa shape index (κ2) is 4.58. The van der Waals surface area contributed by atoms with E-state index in [4.69, 9.17) is 11.6 Å². The van der Waals surface area contributed by atoms with Crippen molar-refractivity contribution in [1.29, 1.82) is 0 Å². The molecule has 2 saturated carbocycles. The Morgan fingerprint density at radius 1 is 1.28 bits per heavy atom. The fourth-order valence-corrected chi connectivity index (χ4v) is 3.46. The highest BCUT2D eigenvalue weighted by Crippen LogP contribution is 2.54. The molecule has 0 aromatic heterocycles. The van der Waals surface area contributed by atoms with Crippen molar-refractivity contribution in [3.63, 3.8) is 0 Å². The van der Waals surface area contributed by atoms with E-state index < -0.39 is 0 Å². The van der Waals surface area contributed by atoms with Crippen molar-refractivity contribution in [2.24, 2.45) is 17.8 Å². The molecule has 3 rings (SSSR count). The highest BCUT2D eigenvalue weighted by molar-refractivity contribution is 6.31. The normalized spacial score (nSPS) is 30.7. The third-order valence-corrected chi connectivity index (χ3v) is 4.69. The maximum atomic E-state index is 12.2. The lowest BCUT2D eigenvalue weighted by Crippen LogP contribution is -2.32. The van der Waals surface area contributed by atoms with Gasteiger partial charge >= 0.3 is 0 Å². The van der Waals surface area contributed by atoms with Gasteiger partial charge in [-0.1, -0.05) is 29.8 Å². The largest absolute Gasteiger partial charge is 0.349 e. The Hall–Kier alpha value is -1.02. The van der Waals surface area contributed by atoms with E-state index in [1.165, 1.54) is 6.42 Å². The Kier molecular flexibility index (Phi) is 3.06. The predicted molar refractivity (Wildman–Crippen MR) is 72.3 cm³/mol. The molecule has 0 spiro atoms. The maximum absolute atomic E-state index is 12.2. The molecule has 0 radical (unpaired) electrons. The molecule has 18 heavy (non-hydrogen) atoms. The molecule has 2 fully saturated rings. The van der Waals surface area contributed by atoms with Gasteiger partial charge < -0.3 is 5.32 Å². The van der Waals surface area contributed by atoms with Gasteiger partial charge in [-0.25, -0.2) is 0 Å². The Bertz CT molecular complexity index is 463. The molecule has 1 amide bonds. The molecule has 0 aliphatic heterocycles. The number of nitrogens with one attached hydrogen (secondary N) is 1. The predicted octanol–water partition coefficient (Wildman–Crippen LogP) is 3.56. The first kappa shape index (κ1) is 12.0. The molecule has 96 valence electrons. The minimum Gasteiger partial charge on any atom is -0.349 e. The lowest BCUT2D eigenvalue weighted by molar-refractivity contribution is -0.125. The molecule has 3 heteroatoms. The van der Waals surface area contributed by atoms with Crippen LogP contribution in [0.2, 0.25) is 5.02 Å². The zero-order valence-corrected chi connectivity index (χ0v) is 11.3. The topological polar surface area (TPSA) is 29.1 Å². The van der Waals surface area contributed by atoms with Gasteiger partial charge in [-0.15, -0.1) is 0 Å². The van der Waals surface area contributed by atoms with Crippen LogP contribution in [0.25, 0.3) is 0 Å². The number of hydrogen-bond acceptors (Lipinski definition) is 1. The number of amides is 1. The summed E-state index contributed by atoms with van der Waals surface area (Å²) in [5.41, 5.74) is 0.996. The molecule has 1 aromatic rings. The van der Waals surface area contributed by atoms with Crippen LogP contribution in [-0.4, -0.2) is 5.91 Å². The summed E-state index contributed by atoms with van der Waals surface area (Å²) in [6.07, 6.45) is 3.53. The van der Waals surface area contributed by atoms with Crippen molar-refractivity contribution in [2.75, 3.05) is 0 Å². The number of carbonyl (C=O) groups is 1. The fourth-order valence-electron chi connectivity index (χ4n) is 3.16. The average molecular weight is 264 g/mol. The van der Waals surface area contributed by atoms with Crippen LogP contribution in [0.1, 0.15) is 37.8 Å². The van der Waals surface area contributed by atoms with Crippen LogP contribution in [0.15, 0.2) is 24.3 Å². The fraction of sp³-hybridized carbons (Fsp3) is 0.533. The quantitative estimate of drug-likeness (QED) is 0.888. The van der Waals surface area contributed by atoms with Gasteiger partial charge in [0.05, 0.1) is 6.04 Å². The van der Waals surface area contributed by atoms with Crippen LogP contribution in [0, 0.1) is 17.8 Å². The van der Waals surface area contributed by atoms with Crippen LogP contribution in [-0.2, 0) is 4.79 Å². The molecule has 2 aliphatic carbocycles. The summed E-state index contributed by atoms with van der Waals surface area (Å²) in [5.74, 6) is 2.13. The third-order valence-electron chi connectivity index (χ3n) is 4.34. The van der Waals surface area contributed by atoms with Gasteiger partial charge in [0.15, 0.2) is 0 Å². The van der Waals surface area contributed by atoms with E-state index in [-0.39, 0.29) is 17.9 Å². The van der Waals surface area contributed by atoms with E-state index in [0.29, 0.717) is 0 Å². The van der Waals surface area contributed by atoms with Crippen LogP contribution in [0.5, 0.6) is 0 Å². The molecule has 0 bridgehead atoms. The van der Waals surface area contributed by atoms with Crippen LogP contribution in [0.4, 0.5) is 0 Å². The van der Waals surface area contributed by atoms with Crippen LogP contribution in [0.3, 0.4) is 0 Å². The Balaban J connectivity index is 1.62. The average Bonchev–Trinajstić information content (AvgIpc) is 2.96. The van der Waals surface area contributed by atoms with Crippen molar-refractivity contribution in [3.05, 3.63) is 34.9 Å². The molecule has 1 aromatic carbocycles. The summed E-state index contributed by atoms with van der Waals surface area (Å²) in [6, 6.07) is 7.69. The van der Waals surface area contributed by atoms with Crippen molar-refractivity contribution >= 4 is 17.5 Å². The van der Waals surface area contributed by atoms with Gasteiger partial charge in [0.2, 0.25) is 5.91 Å². The van der Waals surface area contributed by atoms with Gasteiger partial charge in [-0.3, -0.25) is 4.79 Å². The zero-order chi connectivity index (χ0) is 12.7. The first-order chi connectivity index (χ1) is 8.65. The molecule has 0 heterocycles. The van der Waals surface area contributed by atoms with Crippen molar-refractivity contribution in [1.82, 2.24) is 5.32 Å². The van der Waals surface area contributed by atoms with E-state index >= 15 is 0 Å². The van der Waals surface area contributed by atoms with Crippen molar-refractivity contribution < 1.29 is 4.79 Å². The molecule has 0 saturated heterocycles. The van der Waals surface area contributed by atoms with Gasteiger partial charge in [0, 0.05) is 10.9 Å².